The van der Waals surface area contributed by atoms with Crippen molar-refractivity contribution in [2.45, 2.75) is 13.3 Å². The highest BCUT2D eigenvalue weighted by atomic mass is 16.5. The molecule has 0 aliphatic rings. The summed E-state index contributed by atoms with van der Waals surface area (Å²) < 4.78 is 16.3. The first kappa shape index (κ1) is 22.7. The van der Waals surface area contributed by atoms with Gasteiger partial charge >= 0.3 is 0 Å². The van der Waals surface area contributed by atoms with E-state index in [-0.39, 0.29) is 18.2 Å². The van der Waals surface area contributed by atoms with Gasteiger partial charge < -0.3 is 24.8 Å². The third kappa shape index (κ3) is 5.78. The predicted molar refractivity (Wildman–Crippen MR) is 124 cm³/mol. The number of hydrogen-bond donors (Lipinski definition) is 2. The van der Waals surface area contributed by atoms with Gasteiger partial charge in [-0.3, -0.25) is 9.59 Å². The van der Waals surface area contributed by atoms with Crippen LogP contribution in [0, 0.1) is 0 Å². The molecule has 0 saturated heterocycles. The molecule has 0 bridgehead atoms. The molecule has 0 fully saturated rings. The van der Waals surface area contributed by atoms with Crippen LogP contribution >= 0.6 is 0 Å². The molecule has 0 saturated carbocycles. The molecule has 2 N–H and O–H groups in total. The van der Waals surface area contributed by atoms with E-state index in [0.29, 0.717) is 35.0 Å². The SMILES string of the molecule is CCOc1ccc(CC(=O)Nc2cc(OC)c(NC(=O)c3ccccc3)cc2OC)cc1. The predicted octanol–water partition coefficient (Wildman–Crippen LogP) is 4.54. The van der Waals surface area contributed by atoms with E-state index in [1.165, 1.54) is 14.2 Å². The molecule has 0 spiro atoms. The number of carbonyl (C=O) groups is 2. The summed E-state index contributed by atoms with van der Waals surface area (Å²) in [6, 6.07) is 19.5. The zero-order valence-corrected chi connectivity index (χ0v) is 18.3. The second-order valence-electron chi connectivity index (χ2n) is 6.87. The average molecular weight is 434 g/mol. The minimum Gasteiger partial charge on any atom is -0.494 e. The Morgan fingerprint density at radius 1 is 0.812 bits per heavy atom. The molecule has 0 aliphatic carbocycles. The zero-order chi connectivity index (χ0) is 22.9. The van der Waals surface area contributed by atoms with Crippen molar-refractivity contribution in [2.75, 3.05) is 31.5 Å². The number of amides is 2. The van der Waals surface area contributed by atoms with Crippen LogP contribution in [0.3, 0.4) is 0 Å². The molecule has 0 aromatic heterocycles. The van der Waals surface area contributed by atoms with Gasteiger partial charge in [0.25, 0.3) is 5.91 Å². The fourth-order valence-corrected chi connectivity index (χ4v) is 3.13. The summed E-state index contributed by atoms with van der Waals surface area (Å²) in [6.07, 6.45) is 0.185. The van der Waals surface area contributed by atoms with Gasteiger partial charge in [0, 0.05) is 17.7 Å². The monoisotopic (exact) mass is 434 g/mol. The second kappa shape index (κ2) is 10.9. The Kier molecular flexibility index (Phi) is 7.70. The smallest absolute Gasteiger partial charge is 0.255 e. The van der Waals surface area contributed by atoms with Gasteiger partial charge in [-0.15, -0.1) is 0 Å². The number of anilines is 2. The van der Waals surface area contributed by atoms with Gasteiger partial charge in [0.1, 0.15) is 17.2 Å². The maximum atomic E-state index is 12.6. The number of nitrogens with one attached hydrogen (secondary N) is 2. The molecule has 0 atom stereocenters. The lowest BCUT2D eigenvalue weighted by Gasteiger charge is -2.16. The van der Waals surface area contributed by atoms with Gasteiger partial charge in [-0.25, -0.2) is 0 Å². The first-order valence-electron chi connectivity index (χ1n) is 10.2. The summed E-state index contributed by atoms with van der Waals surface area (Å²) in [5, 5.41) is 5.67. The molecule has 0 unspecified atom stereocenters. The fraction of sp³-hybridized carbons (Fsp3) is 0.200. The third-order valence-corrected chi connectivity index (χ3v) is 4.68. The normalized spacial score (nSPS) is 10.2. The Balaban J connectivity index is 1.75. The van der Waals surface area contributed by atoms with Crippen molar-refractivity contribution in [1.29, 1.82) is 0 Å². The summed E-state index contributed by atoms with van der Waals surface area (Å²) in [5.41, 5.74) is 2.24. The Bertz CT molecular complexity index is 1070. The maximum Gasteiger partial charge on any atom is 0.255 e. The van der Waals surface area contributed by atoms with Crippen LogP contribution < -0.4 is 24.8 Å². The van der Waals surface area contributed by atoms with E-state index in [2.05, 4.69) is 10.6 Å². The summed E-state index contributed by atoms with van der Waals surface area (Å²) in [7, 11) is 2.98. The van der Waals surface area contributed by atoms with Gasteiger partial charge in [0.2, 0.25) is 5.91 Å². The average Bonchev–Trinajstić information content (AvgIpc) is 2.81. The summed E-state index contributed by atoms with van der Waals surface area (Å²) >= 11 is 0. The number of methoxy groups -OCH3 is 2. The van der Waals surface area contributed by atoms with Gasteiger partial charge in [0.05, 0.1) is 38.6 Å². The number of hydrogen-bond acceptors (Lipinski definition) is 5. The van der Waals surface area contributed by atoms with Crippen molar-refractivity contribution >= 4 is 23.2 Å². The van der Waals surface area contributed by atoms with Crippen molar-refractivity contribution in [3.8, 4) is 17.2 Å². The fourth-order valence-electron chi connectivity index (χ4n) is 3.13. The van der Waals surface area contributed by atoms with Crippen LogP contribution in [-0.4, -0.2) is 32.6 Å². The minimum absolute atomic E-state index is 0.185. The molecular formula is C25H26N2O5. The van der Waals surface area contributed by atoms with Gasteiger partial charge in [-0.05, 0) is 36.8 Å². The zero-order valence-electron chi connectivity index (χ0n) is 18.3. The van der Waals surface area contributed by atoms with E-state index in [9.17, 15) is 9.59 Å². The first-order valence-corrected chi connectivity index (χ1v) is 10.2. The van der Waals surface area contributed by atoms with Crippen LogP contribution in [-0.2, 0) is 11.2 Å². The van der Waals surface area contributed by atoms with Gasteiger partial charge in [-0.2, -0.15) is 0 Å². The summed E-state index contributed by atoms with van der Waals surface area (Å²) in [6.45, 7) is 2.50. The van der Waals surface area contributed by atoms with Gasteiger partial charge in [0.15, 0.2) is 0 Å². The topological polar surface area (TPSA) is 85.9 Å². The molecule has 0 aliphatic heterocycles. The summed E-state index contributed by atoms with van der Waals surface area (Å²) in [5.74, 6) is 1.06. The molecule has 3 rings (SSSR count). The maximum absolute atomic E-state index is 12.6. The summed E-state index contributed by atoms with van der Waals surface area (Å²) in [4.78, 5) is 25.1. The molecule has 0 heterocycles. The van der Waals surface area contributed by atoms with Crippen molar-refractivity contribution in [1.82, 2.24) is 0 Å². The highest BCUT2D eigenvalue weighted by molar-refractivity contribution is 6.05. The Morgan fingerprint density at radius 3 is 1.97 bits per heavy atom. The molecule has 166 valence electrons. The Labute approximate surface area is 187 Å². The molecule has 7 heteroatoms. The molecule has 32 heavy (non-hydrogen) atoms. The van der Waals surface area contributed by atoms with Crippen molar-refractivity contribution < 1.29 is 23.8 Å². The largest absolute Gasteiger partial charge is 0.494 e. The Hall–Kier alpha value is -4.00. The quantitative estimate of drug-likeness (QED) is 0.517. The number of rotatable bonds is 9. The number of carbonyl (C=O) groups excluding carboxylic acids is 2. The van der Waals surface area contributed by atoms with E-state index in [1.54, 1.807) is 36.4 Å². The number of ether oxygens (including phenoxy) is 3. The van der Waals surface area contributed by atoms with E-state index in [4.69, 9.17) is 14.2 Å². The van der Waals surface area contributed by atoms with Crippen LogP contribution in [0.2, 0.25) is 0 Å². The van der Waals surface area contributed by atoms with Crippen LogP contribution in [0.25, 0.3) is 0 Å². The third-order valence-electron chi connectivity index (χ3n) is 4.68. The van der Waals surface area contributed by atoms with E-state index in [0.717, 1.165) is 11.3 Å². The molecule has 3 aromatic rings. The van der Waals surface area contributed by atoms with E-state index >= 15 is 0 Å². The highest BCUT2D eigenvalue weighted by Crippen LogP contribution is 2.36. The van der Waals surface area contributed by atoms with Crippen LogP contribution in [0.4, 0.5) is 11.4 Å². The second-order valence-corrected chi connectivity index (χ2v) is 6.87. The van der Waals surface area contributed by atoms with Gasteiger partial charge in [-0.1, -0.05) is 30.3 Å². The van der Waals surface area contributed by atoms with Crippen LogP contribution in [0.1, 0.15) is 22.8 Å². The molecule has 7 nitrogen and oxygen atoms in total. The lowest BCUT2D eigenvalue weighted by atomic mass is 10.1. The van der Waals surface area contributed by atoms with Crippen LogP contribution in [0.15, 0.2) is 66.7 Å². The van der Waals surface area contributed by atoms with E-state index < -0.39 is 0 Å². The lowest BCUT2D eigenvalue weighted by molar-refractivity contribution is -0.115. The standard InChI is InChI=1S/C25H26N2O5/c1-4-32-19-12-10-17(11-13-19)14-24(28)26-20-15-23(31-3)21(16-22(20)30-2)27-25(29)18-8-6-5-7-9-18/h5-13,15-16H,4,14H2,1-3H3,(H,26,28)(H,27,29). The van der Waals surface area contributed by atoms with Crippen molar-refractivity contribution in [3.05, 3.63) is 77.9 Å². The van der Waals surface area contributed by atoms with Crippen molar-refractivity contribution in [2.24, 2.45) is 0 Å². The molecule has 0 radical (unpaired) electrons. The lowest BCUT2D eigenvalue weighted by Crippen LogP contribution is -2.16. The molecular weight excluding hydrogens is 408 g/mol. The number of benzene rings is 3. The van der Waals surface area contributed by atoms with Crippen LogP contribution in [0.5, 0.6) is 17.2 Å². The minimum atomic E-state index is -0.279. The molecule has 2 amide bonds. The molecule has 3 aromatic carbocycles. The van der Waals surface area contributed by atoms with E-state index in [1.807, 2.05) is 37.3 Å². The first-order chi connectivity index (χ1) is 15.5. The Morgan fingerprint density at radius 2 is 1.41 bits per heavy atom. The van der Waals surface area contributed by atoms with Crippen molar-refractivity contribution in [3.63, 3.8) is 0 Å². The highest BCUT2D eigenvalue weighted by Gasteiger charge is 2.16.